The third-order valence-electron chi connectivity index (χ3n) is 3.42. The Bertz CT molecular complexity index is 414. The Labute approximate surface area is 108 Å². The van der Waals surface area contributed by atoms with E-state index in [2.05, 4.69) is 17.5 Å². The lowest BCUT2D eigenvalue weighted by Gasteiger charge is -2.25. The summed E-state index contributed by atoms with van der Waals surface area (Å²) >= 11 is 0. The first kappa shape index (κ1) is 12.8. The van der Waals surface area contributed by atoms with Gasteiger partial charge in [-0.3, -0.25) is 4.79 Å². The van der Waals surface area contributed by atoms with Crippen molar-refractivity contribution in [3.8, 4) is 0 Å². The molecule has 0 bridgehead atoms. The Kier molecular flexibility index (Phi) is 4.53. The number of carbonyl (C=O) groups is 1. The van der Waals surface area contributed by atoms with Crippen molar-refractivity contribution in [3.05, 3.63) is 48.0 Å². The molecule has 2 rings (SSSR count). The van der Waals surface area contributed by atoms with Crippen LogP contribution in [-0.2, 0) is 11.3 Å². The van der Waals surface area contributed by atoms with Crippen LogP contribution < -0.4 is 5.32 Å². The molecule has 18 heavy (non-hydrogen) atoms. The molecule has 2 N–H and O–H groups in total. The first-order valence-electron chi connectivity index (χ1n) is 6.42. The Balaban J connectivity index is 1.94. The van der Waals surface area contributed by atoms with E-state index in [1.54, 1.807) is 0 Å². The van der Waals surface area contributed by atoms with E-state index in [0.29, 0.717) is 6.54 Å². The topological polar surface area (TPSA) is 49.3 Å². The minimum atomic E-state index is -0.744. The maximum atomic E-state index is 11.3. The fourth-order valence-electron chi connectivity index (χ4n) is 2.40. The van der Waals surface area contributed by atoms with Gasteiger partial charge >= 0.3 is 5.97 Å². The van der Waals surface area contributed by atoms with Gasteiger partial charge in [0.05, 0.1) is 0 Å². The lowest BCUT2D eigenvalue weighted by Crippen LogP contribution is -2.42. The lowest BCUT2D eigenvalue weighted by molar-refractivity contribution is -0.141. The second-order valence-corrected chi connectivity index (χ2v) is 4.73. The average molecular weight is 245 g/mol. The molecular weight excluding hydrogens is 226 g/mol. The molecule has 3 nitrogen and oxygen atoms in total. The van der Waals surface area contributed by atoms with Crippen LogP contribution in [0.25, 0.3) is 0 Å². The highest BCUT2D eigenvalue weighted by Crippen LogP contribution is 2.22. The van der Waals surface area contributed by atoms with E-state index in [0.717, 1.165) is 24.8 Å². The van der Waals surface area contributed by atoms with Crippen LogP contribution in [0.5, 0.6) is 0 Å². The van der Waals surface area contributed by atoms with Gasteiger partial charge < -0.3 is 10.4 Å². The van der Waals surface area contributed by atoms with E-state index in [-0.39, 0.29) is 5.92 Å². The minimum Gasteiger partial charge on any atom is -0.480 e. The molecule has 1 aromatic carbocycles. The van der Waals surface area contributed by atoms with Crippen LogP contribution in [-0.4, -0.2) is 17.1 Å². The van der Waals surface area contributed by atoms with E-state index >= 15 is 0 Å². The van der Waals surface area contributed by atoms with E-state index in [1.807, 2.05) is 30.3 Å². The van der Waals surface area contributed by atoms with Crippen molar-refractivity contribution in [1.82, 2.24) is 5.32 Å². The molecule has 2 unspecified atom stereocenters. The summed E-state index contributed by atoms with van der Waals surface area (Å²) in [6.45, 7) is 0.609. The highest BCUT2D eigenvalue weighted by molar-refractivity contribution is 5.74. The summed E-state index contributed by atoms with van der Waals surface area (Å²) in [6.07, 6.45) is 7.02. The van der Waals surface area contributed by atoms with Gasteiger partial charge in [0.25, 0.3) is 0 Å². The van der Waals surface area contributed by atoms with Gasteiger partial charge in [0.1, 0.15) is 6.04 Å². The lowest BCUT2D eigenvalue weighted by atomic mass is 9.87. The summed E-state index contributed by atoms with van der Waals surface area (Å²) in [5.41, 5.74) is 1.12. The maximum Gasteiger partial charge on any atom is 0.321 e. The summed E-state index contributed by atoms with van der Waals surface area (Å²) in [4.78, 5) is 11.3. The normalized spacial score (nSPS) is 20.6. The van der Waals surface area contributed by atoms with Crippen LogP contribution in [0, 0.1) is 5.92 Å². The molecule has 0 aromatic heterocycles. The van der Waals surface area contributed by atoms with Crippen molar-refractivity contribution in [2.75, 3.05) is 0 Å². The van der Waals surface area contributed by atoms with Crippen molar-refractivity contribution in [3.63, 3.8) is 0 Å². The van der Waals surface area contributed by atoms with Crippen LogP contribution >= 0.6 is 0 Å². The molecule has 2 atom stereocenters. The van der Waals surface area contributed by atoms with Gasteiger partial charge in [-0.05, 0) is 30.7 Å². The van der Waals surface area contributed by atoms with Crippen molar-refractivity contribution >= 4 is 5.97 Å². The van der Waals surface area contributed by atoms with Crippen molar-refractivity contribution in [2.24, 2.45) is 5.92 Å². The zero-order valence-corrected chi connectivity index (χ0v) is 10.4. The molecule has 1 aliphatic carbocycles. The molecule has 0 radical (unpaired) electrons. The smallest absolute Gasteiger partial charge is 0.321 e. The molecule has 0 saturated carbocycles. The van der Waals surface area contributed by atoms with Gasteiger partial charge in [-0.15, -0.1) is 0 Å². The highest BCUT2D eigenvalue weighted by Gasteiger charge is 2.27. The fourth-order valence-corrected chi connectivity index (χ4v) is 2.40. The first-order valence-corrected chi connectivity index (χ1v) is 6.42. The SMILES string of the molecule is O=C(O)C(NCc1ccccc1)C1CC=CCC1. The molecule has 96 valence electrons. The van der Waals surface area contributed by atoms with Gasteiger partial charge in [0.2, 0.25) is 0 Å². The largest absolute Gasteiger partial charge is 0.480 e. The highest BCUT2D eigenvalue weighted by atomic mass is 16.4. The van der Waals surface area contributed by atoms with Crippen molar-refractivity contribution < 1.29 is 9.90 Å². The summed E-state index contributed by atoms with van der Waals surface area (Å²) in [6, 6.07) is 9.46. The number of carboxylic acid groups (broad SMARTS) is 1. The third-order valence-corrected chi connectivity index (χ3v) is 3.42. The minimum absolute atomic E-state index is 0.205. The predicted octanol–water partition coefficient (Wildman–Crippen LogP) is 2.59. The average Bonchev–Trinajstić information content (AvgIpc) is 2.41. The number of rotatable bonds is 5. The molecule has 0 spiro atoms. The molecule has 1 aromatic rings. The second kappa shape index (κ2) is 6.36. The Hall–Kier alpha value is -1.61. The van der Waals surface area contributed by atoms with Crippen LogP contribution in [0.4, 0.5) is 0 Å². The van der Waals surface area contributed by atoms with Gasteiger partial charge in [0.15, 0.2) is 0 Å². The molecule has 0 saturated heterocycles. The zero-order chi connectivity index (χ0) is 12.8. The maximum absolute atomic E-state index is 11.3. The summed E-state index contributed by atoms with van der Waals surface area (Å²) in [5.74, 6) is -0.539. The summed E-state index contributed by atoms with van der Waals surface area (Å²) < 4.78 is 0. The Morgan fingerprint density at radius 3 is 2.72 bits per heavy atom. The van der Waals surface area contributed by atoms with E-state index in [1.165, 1.54) is 0 Å². The van der Waals surface area contributed by atoms with Crippen LogP contribution in [0.2, 0.25) is 0 Å². The summed E-state index contributed by atoms with van der Waals surface area (Å²) in [7, 11) is 0. The number of aliphatic carboxylic acids is 1. The van der Waals surface area contributed by atoms with Crippen molar-refractivity contribution in [2.45, 2.75) is 31.8 Å². The van der Waals surface area contributed by atoms with Gasteiger partial charge in [-0.25, -0.2) is 0 Å². The molecule has 0 fully saturated rings. The number of allylic oxidation sites excluding steroid dienone is 2. The molecule has 1 aliphatic rings. The van der Waals surface area contributed by atoms with Crippen LogP contribution in [0.3, 0.4) is 0 Å². The number of benzene rings is 1. The zero-order valence-electron chi connectivity index (χ0n) is 10.4. The molecule has 0 amide bonds. The van der Waals surface area contributed by atoms with Crippen LogP contribution in [0.1, 0.15) is 24.8 Å². The van der Waals surface area contributed by atoms with Gasteiger partial charge in [0, 0.05) is 6.54 Å². The molecule has 0 aliphatic heterocycles. The van der Waals surface area contributed by atoms with E-state index in [9.17, 15) is 9.90 Å². The Morgan fingerprint density at radius 2 is 2.11 bits per heavy atom. The number of nitrogens with one attached hydrogen (secondary N) is 1. The standard InChI is InChI=1S/C15H19NO2/c17-15(18)14(13-9-5-2-6-10-13)16-11-12-7-3-1-4-8-12/h1-5,7-8,13-14,16H,6,9-11H2,(H,17,18). The fraction of sp³-hybridized carbons (Fsp3) is 0.400. The first-order chi connectivity index (χ1) is 8.77. The Morgan fingerprint density at radius 1 is 1.33 bits per heavy atom. The van der Waals surface area contributed by atoms with E-state index in [4.69, 9.17) is 0 Å². The monoisotopic (exact) mass is 245 g/mol. The van der Waals surface area contributed by atoms with Gasteiger partial charge in [-0.2, -0.15) is 0 Å². The molecular formula is C15H19NO2. The molecule has 0 heterocycles. The number of carboxylic acids is 1. The quantitative estimate of drug-likeness (QED) is 0.784. The second-order valence-electron chi connectivity index (χ2n) is 4.73. The number of hydrogen-bond donors (Lipinski definition) is 2. The van der Waals surface area contributed by atoms with Crippen molar-refractivity contribution in [1.29, 1.82) is 0 Å². The molecule has 3 heteroatoms. The van der Waals surface area contributed by atoms with Gasteiger partial charge in [-0.1, -0.05) is 42.5 Å². The third kappa shape index (κ3) is 3.44. The predicted molar refractivity (Wildman–Crippen MR) is 71.2 cm³/mol. The number of hydrogen-bond acceptors (Lipinski definition) is 2. The van der Waals surface area contributed by atoms with E-state index < -0.39 is 12.0 Å². The van der Waals surface area contributed by atoms with Crippen LogP contribution in [0.15, 0.2) is 42.5 Å². The summed E-state index contributed by atoms with van der Waals surface area (Å²) in [5, 5.41) is 12.5.